The molecule has 168 valence electrons. The molecule has 11 heteroatoms. The number of benzene rings is 2. The van der Waals surface area contributed by atoms with Crippen molar-refractivity contribution in [2.45, 2.75) is 37.4 Å². The molecular weight excluding hydrogens is 523 g/mol. The van der Waals surface area contributed by atoms with Gasteiger partial charge in [-0.05, 0) is 30.7 Å². The number of rotatable bonds is 6. The van der Waals surface area contributed by atoms with Gasteiger partial charge in [-0.1, -0.05) is 52.7 Å². The Balaban J connectivity index is 1.56. The van der Waals surface area contributed by atoms with E-state index in [1.54, 1.807) is 24.3 Å². The van der Waals surface area contributed by atoms with Crippen LogP contribution in [0, 0.1) is 5.82 Å². The van der Waals surface area contributed by atoms with Crippen molar-refractivity contribution < 1.29 is 17.6 Å². The van der Waals surface area contributed by atoms with Crippen LogP contribution in [0.25, 0.3) is 0 Å². The lowest BCUT2D eigenvalue weighted by molar-refractivity contribution is 0.0928. The van der Waals surface area contributed by atoms with Gasteiger partial charge in [0.05, 0.1) is 23.3 Å². The summed E-state index contributed by atoms with van der Waals surface area (Å²) in [6, 6.07) is 10.2. The number of H-pyrrole nitrogens is 1. The number of aromatic nitrogens is 2. The third kappa shape index (κ3) is 4.19. The fourth-order valence-corrected chi connectivity index (χ4v) is 6.06. The quantitative estimate of drug-likeness (QED) is 0.479. The molecule has 1 aliphatic rings. The molecule has 0 fully saturated rings. The first-order valence-corrected chi connectivity index (χ1v) is 12.4. The number of nitrogens with one attached hydrogen (secondary N) is 2. The van der Waals surface area contributed by atoms with Gasteiger partial charge in [-0.15, -0.1) is 0 Å². The van der Waals surface area contributed by atoms with Crippen LogP contribution in [0.2, 0.25) is 5.02 Å². The molecule has 1 amide bonds. The second kappa shape index (κ2) is 8.93. The van der Waals surface area contributed by atoms with Crippen molar-refractivity contribution in [1.29, 1.82) is 0 Å². The number of fused-ring (bicyclic) bond motifs is 1. The highest BCUT2D eigenvalue weighted by Crippen LogP contribution is 2.33. The van der Waals surface area contributed by atoms with E-state index in [1.807, 2.05) is 6.92 Å². The molecule has 2 N–H and O–H groups in total. The van der Waals surface area contributed by atoms with E-state index < -0.39 is 27.8 Å². The van der Waals surface area contributed by atoms with E-state index in [0.717, 1.165) is 0 Å². The Hall–Kier alpha value is -2.27. The Labute approximate surface area is 198 Å². The number of carbonyl (C=O) groups is 1. The summed E-state index contributed by atoms with van der Waals surface area (Å²) in [5, 5.41) is 9.73. The van der Waals surface area contributed by atoms with Crippen LogP contribution in [0.15, 0.2) is 51.8 Å². The molecule has 1 atom stereocenters. The number of sulfonamides is 1. The van der Waals surface area contributed by atoms with Gasteiger partial charge >= 0.3 is 0 Å². The van der Waals surface area contributed by atoms with Crippen LogP contribution in [0.3, 0.4) is 0 Å². The minimum atomic E-state index is -3.89. The lowest BCUT2D eigenvalue weighted by atomic mass is 10.0. The number of carbonyl (C=O) groups excluding carboxylic acids is 1. The highest BCUT2D eigenvalue weighted by molar-refractivity contribution is 9.10. The van der Waals surface area contributed by atoms with Gasteiger partial charge in [-0.25, -0.2) is 12.8 Å². The van der Waals surface area contributed by atoms with E-state index in [9.17, 15) is 17.6 Å². The number of halogens is 3. The number of hydrogen-bond acceptors (Lipinski definition) is 4. The maximum Gasteiger partial charge on any atom is 0.272 e. The van der Waals surface area contributed by atoms with Crippen molar-refractivity contribution in [3.8, 4) is 0 Å². The van der Waals surface area contributed by atoms with E-state index in [0.29, 0.717) is 27.7 Å². The number of nitrogens with zero attached hydrogens (tertiary/aromatic N) is 2. The first kappa shape index (κ1) is 22.9. The summed E-state index contributed by atoms with van der Waals surface area (Å²) in [4.78, 5) is 12.9. The van der Waals surface area contributed by atoms with E-state index in [4.69, 9.17) is 11.6 Å². The van der Waals surface area contributed by atoms with Crippen molar-refractivity contribution in [2.24, 2.45) is 0 Å². The topological polar surface area (TPSA) is 95.2 Å². The van der Waals surface area contributed by atoms with Crippen molar-refractivity contribution in [2.75, 3.05) is 0 Å². The lowest BCUT2D eigenvalue weighted by Crippen LogP contribution is -2.30. The van der Waals surface area contributed by atoms with Crippen molar-refractivity contribution >= 4 is 43.5 Å². The van der Waals surface area contributed by atoms with Gasteiger partial charge < -0.3 is 5.32 Å². The molecule has 1 aromatic heterocycles. The summed E-state index contributed by atoms with van der Waals surface area (Å²) in [6.45, 7) is 1.84. The molecule has 7 nitrogen and oxygen atoms in total. The molecular formula is C21H19BrClFN4O3S. The molecule has 0 aliphatic carbocycles. The Bertz CT molecular complexity index is 1300. The molecule has 2 aromatic carbocycles. The molecule has 0 spiro atoms. The predicted octanol–water partition coefficient (Wildman–Crippen LogP) is 4.55. The zero-order valence-corrected chi connectivity index (χ0v) is 20.1. The molecule has 0 saturated heterocycles. The smallest absolute Gasteiger partial charge is 0.272 e. The van der Waals surface area contributed by atoms with Crippen LogP contribution in [-0.4, -0.2) is 28.8 Å². The molecule has 1 unspecified atom stereocenters. The van der Waals surface area contributed by atoms with Crippen molar-refractivity contribution in [3.63, 3.8) is 0 Å². The molecule has 32 heavy (non-hydrogen) atoms. The fourth-order valence-electron chi connectivity index (χ4n) is 3.68. The molecule has 4 rings (SSSR count). The van der Waals surface area contributed by atoms with Gasteiger partial charge in [0.1, 0.15) is 10.7 Å². The van der Waals surface area contributed by atoms with Crippen LogP contribution in [0.1, 0.15) is 46.7 Å². The summed E-state index contributed by atoms with van der Waals surface area (Å²) in [5.74, 6) is -0.908. The first-order valence-electron chi connectivity index (χ1n) is 9.79. The van der Waals surface area contributed by atoms with Gasteiger partial charge in [0, 0.05) is 22.1 Å². The van der Waals surface area contributed by atoms with E-state index in [-0.39, 0.29) is 28.7 Å². The highest BCUT2D eigenvalue weighted by Gasteiger charge is 2.36. The van der Waals surface area contributed by atoms with Gasteiger partial charge in [0.25, 0.3) is 5.91 Å². The van der Waals surface area contributed by atoms with Gasteiger partial charge in [-0.3, -0.25) is 9.89 Å². The second-order valence-electron chi connectivity index (χ2n) is 7.33. The molecule has 1 aliphatic heterocycles. The highest BCUT2D eigenvalue weighted by atomic mass is 79.9. The zero-order chi connectivity index (χ0) is 23.0. The normalized spacial score (nSPS) is 14.9. The van der Waals surface area contributed by atoms with Crippen LogP contribution in [-0.2, 0) is 23.1 Å². The summed E-state index contributed by atoms with van der Waals surface area (Å²) in [7, 11) is -3.89. The summed E-state index contributed by atoms with van der Waals surface area (Å²) < 4.78 is 42.3. The van der Waals surface area contributed by atoms with E-state index >= 15 is 0 Å². The van der Waals surface area contributed by atoms with E-state index in [2.05, 4.69) is 31.4 Å². The Morgan fingerprint density at radius 3 is 2.75 bits per heavy atom. The van der Waals surface area contributed by atoms with E-state index in [1.165, 1.54) is 22.5 Å². The van der Waals surface area contributed by atoms with Crippen LogP contribution >= 0.6 is 27.5 Å². The lowest BCUT2D eigenvalue weighted by Gasteiger charge is -2.18. The van der Waals surface area contributed by atoms with Crippen molar-refractivity contribution in [3.05, 3.63) is 80.3 Å². The number of amides is 1. The van der Waals surface area contributed by atoms with Gasteiger partial charge in [0.15, 0.2) is 5.69 Å². The molecule has 0 saturated carbocycles. The Morgan fingerprint density at radius 1 is 1.31 bits per heavy atom. The Morgan fingerprint density at radius 2 is 2.06 bits per heavy atom. The average Bonchev–Trinajstić information content (AvgIpc) is 3.33. The van der Waals surface area contributed by atoms with Crippen LogP contribution < -0.4 is 5.32 Å². The minimum Gasteiger partial charge on any atom is -0.344 e. The van der Waals surface area contributed by atoms with Crippen LogP contribution in [0.5, 0.6) is 0 Å². The van der Waals surface area contributed by atoms with Gasteiger partial charge in [-0.2, -0.15) is 9.40 Å². The second-order valence-corrected chi connectivity index (χ2v) is 10.6. The SMILES string of the molecule is CCC(NC(=O)c1n[nH]c2c1CN(S(=O)(=O)c1ccc(Br)cc1Cl)C2)c1ccccc1F. The zero-order valence-electron chi connectivity index (χ0n) is 16.9. The maximum atomic E-state index is 14.2. The minimum absolute atomic E-state index is 0.0166. The fraction of sp³-hybridized carbons (Fsp3) is 0.238. The molecule has 0 bridgehead atoms. The van der Waals surface area contributed by atoms with Crippen LogP contribution in [0.4, 0.5) is 4.39 Å². The summed E-state index contributed by atoms with van der Waals surface area (Å²) in [6.07, 6.45) is 0.474. The number of aromatic amines is 1. The molecule has 0 radical (unpaired) electrons. The maximum absolute atomic E-state index is 14.2. The summed E-state index contributed by atoms with van der Waals surface area (Å²) in [5.41, 5.74) is 1.49. The average molecular weight is 542 g/mol. The molecule has 3 aromatic rings. The standard InChI is InChI=1S/C21H19BrClFN4O3S/c1-2-17(13-5-3-4-6-16(13)24)25-21(29)20-14-10-28(11-18(14)26-27-20)32(30,31)19-8-7-12(22)9-15(19)23/h3-9,17H,2,10-11H2,1H3,(H,25,29)(H,26,27). The third-order valence-corrected chi connectivity index (χ3v) is 8.11. The first-order chi connectivity index (χ1) is 15.2. The monoisotopic (exact) mass is 540 g/mol. The Kier molecular flexibility index (Phi) is 6.39. The predicted molar refractivity (Wildman–Crippen MR) is 121 cm³/mol. The third-order valence-electron chi connectivity index (χ3n) is 5.34. The summed E-state index contributed by atoms with van der Waals surface area (Å²) >= 11 is 9.41. The molecule has 2 heterocycles. The van der Waals surface area contributed by atoms with Gasteiger partial charge in [0.2, 0.25) is 10.0 Å². The number of hydrogen-bond donors (Lipinski definition) is 2. The largest absolute Gasteiger partial charge is 0.344 e. The van der Waals surface area contributed by atoms with Crippen molar-refractivity contribution in [1.82, 2.24) is 19.8 Å².